The van der Waals surface area contributed by atoms with Gasteiger partial charge in [-0.15, -0.1) is 11.3 Å². The topological polar surface area (TPSA) is 103 Å². The second-order valence-electron chi connectivity index (χ2n) is 12.6. The first-order chi connectivity index (χ1) is 21.8. The van der Waals surface area contributed by atoms with Crippen LogP contribution in [0.4, 0.5) is 5.13 Å². The first kappa shape index (κ1) is 30.2. The van der Waals surface area contributed by atoms with E-state index in [1.807, 2.05) is 52.4 Å². The largest absolute Gasteiger partial charge is 0.488 e. The molecule has 0 spiro atoms. The fourth-order valence-electron chi connectivity index (χ4n) is 7.61. The lowest BCUT2D eigenvalue weighted by atomic mass is 9.77. The van der Waals surface area contributed by atoms with Crippen molar-refractivity contribution in [2.45, 2.75) is 64.1 Å². The Morgan fingerprint density at radius 3 is 2.64 bits per heavy atom. The number of fused-ring (bicyclic) bond motifs is 2. The number of carbonyl (C=O) groups is 3. The van der Waals surface area contributed by atoms with E-state index in [4.69, 9.17) is 4.74 Å². The van der Waals surface area contributed by atoms with Gasteiger partial charge in [0.1, 0.15) is 11.9 Å². The molecular weight excluding hydrogens is 656 g/mol. The number of hydrogen-bond donors (Lipinski definition) is 1. The predicted octanol–water partition coefficient (Wildman–Crippen LogP) is 5.84. The van der Waals surface area contributed by atoms with Crippen molar-refractivity contribution in [3.8, 4) is 5.75 Å². The van der Waals surface area contributed by atoms with Crippen molar-refractivity contribution in [2.75, 3.05) is 31.1 Å². The van der Waals surface area contributed by atoms with Gasteiger partial charge in [-0.05, 0) is 55.5 Å². The van der Waals surface area contributed by atoms with Crippen LogP contribution in [0, 0.1) is 18.8 Å². The van der Waals surface area contributed by atoms with Crippen molar-refractivity contribution < 1.29 is 24.2 Å². The van der Waals surface area contributed by atoms with Gasteiger partial charge in [0.15, 0.2) is 5.13 Å². The Bertz CT molecular complexity index is 1640. The molecule has 1 aromatic heterocycles. The van der Waals surface area contributed by atoms with Crippen LogP contribution in [0.2, 0.25) is 0 Å². The molecule has 2 amide bonds. The van der Waals surface area contributed by atoms with Crippen molar-refractivity contribution >= 4 is 50.2 Å². The van der Waals surface area contributed by atoms with Crippen LogP contribution in [0.3, 0.4) is 0 Å². The van der Waals surface area contributed by atoms with Gasteiger partial charge < -0.3 is 24.5 Å². The van der Waals surface area contributed by atoms with E-state index in [1.165, 1.54) is 4.88 Å². The maximum absolute atomic E-state index is 14.4. The quantitative estimate of drug-likeness (QED) is 0.332. The molecule has 0 bridgehead atoms. The molecule has 1 saturated carbocycles. The molecule has 2 aromatic carbocycles. The Hall–Kier alpha value is -3.44. The molecule has 4 heterocycles. The van der Waals surface area contributed by atoms with E-state index in [9.17, 15) is 19.5 Å². The number of carbonyl (C=O) groups excluding carboxylic acids is 2. The molecule has 45 heavy (non-hydrogen) atoms. The summed E-state index contributed by atoms with van der Waals surface area (Å²) in [5.41, 5.74) is 3.66. The summed E-state index contributed by atoms with van der Waals surface area (Å²) in [6.07, 6.45) is 6.03. The Labute approximate surface area is 275 Å². The van der Waals surface area contributed by atoms with Gasteiger partial charge >= 0.3 is 5.97 Å². The Kier molecular flexibility index (Phi) is 8.33. The lowest BCUT2D eigenvalue weighted by molar-refractivity contribution is -0.153. The Balaban J connectivity index is 1.23. The summed E-state index contributed by atoms with van der Waals surface area (Å²) in [6.45, 7) is 4.85. The molecule has 1 N–H and O–H groups in total. The van der Waals surface area contributed by atoms with Crippen LogP contribution in [0.25, 0.3) is 0 Å². The van der Waals surface area contributed by atoms with Crippen molar-refractivity contribution in [3.63, 3.8) is 0 Å². The van der Waals surface area contributed by atoms with Crippen LogP contribution >= 0.6 is 27.3 Å². The molecule has 9 nitrogen and oxygen atoms in total. The van der Waals surface area contributed by atoms with Crippen molar-refractivity contribution in [3.05, 3.63) is 74.2 Å². The minimum Gasteiger partial charge on any atom is -0.488 e. The van der Waals surface area contributed by atoms with Crippen molar-refractivity contribution in [1.82, 2.24) is 14.8 Å². The van der Waals surface area contributed by atoms with Crippen LogP contribution in [0.5, 0.6) is 5.75 Å². The standard InChI is InChI=1S/C34H37BrN4O5S/c1-20-16-36-34(45-20)37-14-12-22(18-37)44-29-11-10-27(35)26-13-15-39(32(41)24-8-4-5-9-25(24)33(42)43)28(30(26)29)19-38-17-21-6-2-3-7-23(21)31(38)40/h2-3,6-7,10-11,16,22,24-25,28H,4-5,8-9,12-15,17-19H2,1H3,(H,42,43)/t22?,24?,25?,28-/m1/s1. The fraction of sp³-hybridized carbons (Fsp3) is 0.471. The number of aliphatic carboxylic acids is 1. The van der Waals surface area contributed by atoms with Gasteiger partial charge in [-0.3, -0.25) is 14.4 Å². The maximum Gasteiger partial charge on any atom is 0.307 e. The second kappa shape index (κ2) is 12.4. The number of aryl methyl sites for hydroxylation is 1. The third-order valence-electron chi connectivity index (χ3n) is 9.86. The van der Waals surface area contributed by atoms with Crippen molar-refractivity contribution in [2.24, 2.45) is 11.8 Å². The summed E-state index contributed by atoms with van der Waals surface area (Å²) in [5.74, 6) is -1.62. The van der Waals surface area contributed by atoms with Gasteiger partial charge in [0, 0.05) is 59.3 Å². The van der Waals surface area contributed by atoms with Crippen LogP contribution in [0.15, 0.2) is 47.1 Å². The zero-order chi connectivity index (χ0) is 31.2. The molecule has 3 aliphatic heterocycles. The van der Waals surface area contributed by atoms with Crippen molar-refractivity contribution in [1.29, 1.82) is 0 Å². The number of amides is 2. The number of rotatable bonds is 7. The summed E-state index contributed by atoms with van der Waals surface area (Å²) < 4.78 is 7.73. The average molecular weight is 694 g/mol. The molecule has 0 radical (unpaired) electrons. The number of nitrogens with zero attached hydrogens (tertiary/aromatic N) is 4. The number of carboxylic acid groups (broad SMARTS) is 1. The monoisotopic (exact) mass is 692 g/mol. The fourth-order valence-corrected chi connectivity index (χ4v) is 8.95. The molecule has 4 atom stereocenters. The van der Waals surface area contributed by atoms with E-state index in [2.05, 4.69) is 32.7 Å². The van der Waals surface area contributed by atoms with Crippen LogP contribution in [0.1, 0.15) is 70.1 Å². The smallest absolute Gasteiger partial charge is 0.307 e. The third kappa shape index (κ3) is 5.73. The number of anilines is 1. The number of benzene rings is 2. The van der Waals surface area contributed by atoms with Gasteiger partial charge in [0.2, 0.25) is 5.91 Å². The lowest BCUT2D eigenvalue weighted by Crippen LogP contribution is -2.50. The van der Waals surface area contributed by atoms with E-state index in [-0.39, 0.29) is 17.9 Å². The van der Waals surface area contributed by atoms with E-state index >= 15 is 0 Å². The molecule has 1 aliphatic carbocycles. The third-order valence-corrected chi connectivity index (χ3v) is 11.6. The molecule has 3 unspecified atom stereocenters. The van der Waals surface area contributed by atoms with Gasteiger partial charge in [-0.2, -0.15) is 0 Å². The average Bonchev–Trinajstić information content (AvgIpc) is 3.77. The van der Waals surface area contributed by atoms with Gasteiger partial charge in [-0.25, -0.2) is 4.98 Å². The van der Waals surface area contributed by atoms with E-state index in [1.54, 1.807) is 11.3 Å². The molecule has 4 aliphatic rings. The van der Waals surface area contributed by atoms with Gasteiger partial charge in [0.05, 0.1) is 24.4 Å². The minimum atomic E-state index is -0.903. The molecule has 1 saturated heterocycles. The lowest BCUT2D eigenvalue weighted by Gasteiger charge is -2.43. The normalized spacial score (nSPS) is 24.5. The first-order valence-electron chi connectivity index (χ1n) is 15.8. The summed E-state index contributed by atoms with van der Waals surface area (Å²) in [5, 5.41) is 11.0. The number of carboxylic acids is 1. The Morgan fingerprint density at radius 1 is 1.09 bits per heavy atom. The van der Waals surface area contributed by atoms with E-state index in [0.717, 1.165) is 57.9 Å². The summed E-state index contributed by atoms with van der Waals surface area (Å²) in [7, 11) is 0. The SMILES string of the molecule is Cc1cnc(N2CCC(Oc3ccc(Br)c4c3[C@@H](CN3Cc5ccccc5C3=O)N(C(=O)C3CCCCC3C(=O)O)CC4)C2)s1. The predicted molar refractivity (Wildman–Crippen MR) is 175 cm³/mol. The Morgan fingerprint density at radius 2 is 1.89 bits per heavy atom. The van der Waals surface area contributed by atoms with E-state index < -0.39 is 23.8 Å². The molecule has 7 rings (SSSR count). The van der Waals surface area contributed by atoms with Crippen LogP contribution < -0.4 is 9.64 Å². The van der Waals surface area contributed by atoms with E-state index in [0.29, 0.717) is 51.0 Å². The maximum atomic E-state index is 14.4. The summed E-state index contributed by atoms with van der Waals surface area (Å²) in [6, 6.07) is 11.2. The highest BCUT2D eigenvalue weighted by molar-refractivity contribution is 9.10. The molecule has 3 aromatic rings. The van der Waals surface area contributed by atoms with Crippen LogP contribution in [-0.4, -0.2) is 70.0 Å². The second-order valence-corrected chi connectivity index (χ2v) is 14.7. The molecular formula is C34H37BrN4O5S. The van der Waals surface area contributed by atoms with Gasteiger partial charge in [0.25, 0.3) is 5.91 Å². The highest BCUT2D eigenvalue weighted by Gasteiger charge is 2.44. The van der Waals surface area contributed by atoms with Gasteiger partial charge in [-0.1, -0.05) is 47.0 Å². The highest BCUT2D eigenvalue weighted by atomic mass is 79.9. The summed E-state index contributed by atoms with van der Waals surface area (Å²) in [4.78, 5) is 51.9. The molecule has 236 valence electrons. The number of aromatic nitrogens is 1. The first-order valence-corrected chi connectivity index (χ1v) is 17.4. The molecule has 11 heteroatoms. The van der Waals surface area contributed by atoms with Crippen LogP contribution in [-0.2, 0) is 22.6 Å². The number of thiazole rings is 1. The summed E-state index contributed by atoms with van der Waals surface area (Å²) >= 11 is 5.46. The zero-order valence-corrected chi connectivity index (χ0v) is 27.7. The minimum absolute atomic E-state index is 0.0474. The molecule has 2 fully saturated rings. The number of halogens is 1. The number of hydrogen-bond acceptors (Lipinski definition) is 7. The number of ether oxygens (including phenoxy) is 1. The highest BCUT2D eigenvalue weighted by Crippen LogP contribution is 2.44. The zero-order valence-electron chi connectivity index (χ0n) is 25.3.